The number of pyridine rings is 1. The van der Waals surface area contributed by atoms with Crippen LogP contribution in [0.2, 0.25) is 13.1 Å². The second kappa shape index (κ2) is 5.85. The van der Waals surface area contributed by atoms with Gasteiger partial charge >= 0.3 is 8.48 Å². The molecule has 0 saturated heterocycles. The number of hydrogen-bond donors (Lipinski definition) is 0. The van der Waals surface area contributed by atoms with Crippen molar-refractivity contribution in [1.82, 2.24) is 14.2 Å². The van der Waals surface area contributed by atoms with Crippen LogP contribution in [0.5, 0.6) is 5.88 Å². The van der Waals surface area contributed by atoms with Crippen LogP contribution < -0.4 is 4.43 Å². The highest BCUT2D eigenvalue weighted by Gasteiger charge is 2.57. The van der Waals surface area contributed by atoms with Crippen molar-refractivity contribution in [2.24, 2.45) is 5.41 Å². The first-order chi connectivity index (χ1) is 14.5. The minimum atomic E-state index is -2.32. The Hall–Kier alpha value is -2.14. The van der Waals surface area contributed by atoms with Crippen LogP contribution in [0.25, 0.3) is 22.4 Å². The molecule has 0 atom stereocenters. The summed E-state index contributed by atoms with van der Waals surface area (Å²) >= 11 is 0. The van der Waals surface area contributed by atoms with E-state index in [1.807, 2.05) is 0 Å². The summed E-state index contributed by atoms with van der Waals surface area (Å²) < 4.78 is 9.05. The minimum absolute atomic E-state index is 0.0214. The molecule has 3 aromatic rings. The van der Waals surface area contributed by atoms with Crippen LogP contribution >= 0.6 is 0 Å². The summed E-state index contributed by atoms with van der Waals surface area (Å²) in [6.45, 7) is 25.4. The molecule has 5 heteroatoms. The van der Waals surface area contributed by atoms with Gasteiger partial charge in [0.25, 0.3) is 0 Å². The highest BCUT2D eigenvalue weighted by atomic mass is 28.4. The molecule has 170 valence electrons. The lowest BCUT2D eigenvalue weighted by molar-refractivity contribution is 0.125. The van der Waals surface area contributed by atoms with E-state index in [0.717, 1.165) is 28.5 Å². The van der Waals surface area contributed by atoms with Gasteiger partial charge < -0.3 is 8.66 Å². The van der Waals surface area contributed by atoms with E-state index in [-0.39, 0.29) is 21.7 Å². The monoisotopic (exact) mass is 447 g/mol. The summed E-state index contributed by atoms with van der Waals surface area (Å²) in [6.07, 6.45) is 0. The molecule has 0 fully saturated rings. The summed E-state index contributed by atoms with van der Waals surface area (Å²) in [6, 6.07) is 9.04. The molecular weight excluding hydrogens is 410 g/mol. The number of fused-ring (bicyclic) bond motifs is 6. The van der Waals surface area contributed by atoms with Gasteiger partial charge in [-0.25, -0.2) is 9.97 Å². The average molecular weight is 448 g/mol. The van der Waals surface area contributed by atoms with Crippen molar-refractivity contribution in [3.05, 3.63) is 41.1 Å². The molecule has 1 aliphatic carbocycles. The lowest BCUT2D eigenvalue weighted by atomic mass is 9.59. The topological polar surface area (TPSA) is 39.9 Å². The van der Waals surface area contributed by atoms with Crippen LogP contribution in [-0.2, 0) is 16.2 Å². The van der Waals surface area contributed by atoms with Crippen molar-refractivity contribution in [3.63, 3.8) is 0 Å². The molecule has 0 N–H and O–H groups in total. The first-order valence-electron chi connectivity index (χ1n) is 11.8. The molecule has 0 unspecified atom stereocenters. The SMILES string of the molecule is CC(C)(C)c1ccc2c(n1)O[Si](C)(C)n1c-2nc2cc3c(cc21)C(C)(C)C(C)(C)C3(C)C. The van der Waals surface area contributed by atoms with Crippen molar-refractivity contribution < 1.29 is 4.43 Å². The normalized spacial score (nSPS) is 21.6. The molecular formula is C27H37N3OSi. The predicted octanol–water partition coefficient (Wildman–Crippen LogP) is 6.93. The lowest BCUT2D eigenvalue weighted by Gasteiger charge is -2.44. The minimum Gasteiger partial charge on any atom is -0.511 e. The van der Waals surface area contributed by atoms with E-state index < -0.39 is 8.48 Å². The molecule has 0 radical (unpaired) electrons. The molecule has 3 heterocycles. The standard InChI is InChI=1S/C27H37N3OSi/c1-24(2,3)21-13-12-16-22-28-19-14-17-18(26(6,7)27(8,9)25(17,4)5)15-20(19)30(22)32(10,11)31-23(16)29-21/h12-15H,1-11H3. The van der Waals surface area contributed by atoms with Gasteiger partial charge in [-0.15, -0.1) is 0 Å². The Balaban J connectivity index is 1.81. The molecule has 4 nitrogen and oxygen atoms in total. The Labute approximate surface area is 193 Å². The second-order valence-corrected chi connectivity index (χ2v) is 16.4. The van der Waals surface area contributed by atoms with Crippen LogP contribution in [0.3, 0.4) is 0 Å². The highest BCUT2D eigenvalue weighted by Crippen LogP contribution is 2.62. The van der Waals surface area contributed by atoms with Gasteiger partial charge in [0.15, 0.2) is 0 Å². The van der Waals surface area contributed by atoms with Crippen molar-refractivity contribution >= 4 is 19.5 Å². The first-order valence-corrected chi connectivity index (χ1v) is 14.6. The Bertz CT molecular complexity index is 1290. The summed E-state index contributed by atoms with van der Waals surface area (Å²) in [4.78, 5) is 10.1. The zero-order chi connectivity index (χ0) is 23.6. The third-order valence-electron chi connectivity index (χ3n) is 9.02. The number of nitrogens with zero attached hydrogens (tertiary/aromatic N) is 3. The fourth-order valence-electron chi connectivity index (χ4n) is 5.73. The van der Waals surface area contributed by atoms with Gasteiger partial charge in [0, 0.05) is 11.1 Å². The van der Waals surface area contributed by atoms with Gasteiger partial charge in [-0.1, -0.05) is 62.3 Å². The van der Waals surface area contributed by atoms with Crippen LogP contribution in [0.15, 0.2) is 24.3 Å². The predicted molar refractivity (Wildman–Crippen MR) is 135 cm³/mol. The average Bonchev–Trinajstić information content (AvgIpc) is 3.08. The molecule has 0 bridgehead atoms. The molecule has 1 aliphatic heterocycles. The molecule has 2 aliphatic rings. The summed E-state index contributed by atoms with van der Waals surface area (Å²) in [7, 11) is -2.32. The number of hydrogen-bond acceptors (Lipinski definition) is 3. The van der Waals surface area contributed by atoms with Crippen molar-refractivity contribution in [1.29, 1.82) is 0 Å². The highest BCUT2D eigenvalue weighted by molar-refractivity contribution is 6.72. The first kappa shape index (κ1) is 21.7. The van der Waals surface area contributed by atoms with E-state index in [1.165, 1.54) is 16.6 Å². The van der Waals surface area contributed by atoms with E-state index in [2.05, 4.69) is 104 Å². The number of benzene rings is 1. The van der Waals surface area contributed by atoms with E-state index >= 15 is 0 Å². The maximum absolute atomic E-state index is 6.65. The fraction of sp³-hybridized carbons (Fsp3) is 0.556. The Morgan fingerprint density at radius 2 is 1.47 bits per heavy atom. The quantitative estimate of drug-likeness (QED) is 0.351. The molecule has 32 heavy (non-hydrogen) atoms. The van der Waals surface area contributed by atoms with Gasteiger partial charge in [-0.3, -0.25) is 0 Å². The maximum Gasteiger partial charge on any atom is 0.361 e. The molecule has 0 spiro atoms. The van der Waals surface area contributed by atoms with Gasteiger partial charge in [0.1, 0.15) is 5.82 Å². The second-order valence-electron chi connectivity index (χ2n) is 12.9. The van der Waals surface area contributed by atoms with Crippen LogP contribution in [0, 0.1) is 5.41 Å². The Kier molecular flexibility index (Phi) is 3.97. The summed E-state index contributed by atoms with van der Waals surface area (Å²) in [5.74, 6) is 1.75. The van der Waals surface area contributed by atoms with Crippen molar-refractivity contribution in [3.8, 4) is 17.3 Å². The number of aromatic nitrogens is 3. The number of imidazole rings is 1. The van der Waals surface area contributed by atoms with E-state index in [4.69, 9.17) is 14.4 Å². The van der Waals surface area contributed by atoms with Crippen LogP contribution in [-0.4, -0.2) is 22.7 Å². The molecule has 0 amide bonds. The van der Waals surface area contributed by atoms with E-state index in [0.29, 0.717) is 0 Å². The molecule has 1 aromatic carbocycles. The summed E-state index contributed by atoms with van der Waals surface area (Å²) in [5, 5.41) is 0. The molecule has 5 rings (SSSR count). The lowest BCUT2D eigenvalue weighted by Crippen LogP contribution is -2.46. The van der Waals surface area contributed by atoms with Gasteiger partial charge in [0.2, 0.25) is 5.88 Å². The van der Waals surface area contributed by atoms with Crippen LogP contribution in [0.1, 0.15) is 79.1 Å². The Morgan fingerprint density at radius 1 is 0.875 bits per heavy atom. The van der Waals surface area contributed by atoms with Gasteiger partial charge in [0.05, 0.1) is 16.6 Å². The molecule has 2 aromatic heterocycles. The van der Waals surface area contributed by atoms with Crippen LogP contribution in [0.4, 0.5) is 0 Å². The smallest absolute Gasteiger partial charge is 0.361 e. The van der Waals surface area contributed by atoms with E-state index in [1.54, 1.807) is 0 Å². The fourth-order valence-corrected chi connectivity index (χ4v) is 7.89. The third kappa shape index (κ3) is 2.49. The third-order valence-corrected chi connectivity index (χ3v) is 11.2. The van der Waals surface area contributed by atoms with Crippen molar-refractivity contribution in [2.75, 3.05) is 0 Å². The van der Waals surface area contributed by atoms with Gasteiger partial charge in [-0.2, -0.15) is 0 Å². The Morgan fingerprint density at radius 3 is 2.06 bits per heavy atom. The van der Waals surface area contributed by atoms with Crippen molar-refractivity contribution in [2.45, 2.75) is 91.7 Å². The largest absolute Gasteiger partial charge is 0.511 e. The maximum atomic E-state index is 6.65. The molecule has 0 saturated carbocycles. The van der Waals surface area contributed by atoms with Gasteiger partial charge in [-0.05, 0) is 64.7 Å². The zero-order valence-corrected chi connectivity index (χ0v) is 22.6. The number of rotatable bonds is 0. The summed E-state index contributed by atoms with van der Waals surface area (Å²) in [5.41, 5.74) is 7.43. The zero-order valence-electron chi connectivity index (χ0n) is 21.6. The van der Waals surface area contributed by atoms with E-state index in [9.17, 15) is 0 Å².